The Morgan fingerprint density at radius 2 is 1.88 bits per heavy atom. The molecule has 2 nitrogen and oxygen atoms in total. The molecule has 0 amide bonds. The summed E-state index contributed by atoms with van der Waals surface area (Å²) in [6.45, 7) is 0.822. The molecule has 16 heavy (non-hydrogen) atoms. The first-order valence-corrected chi connectivity index (χ1v) is 5.51. The van der Waals surface area contributed by atoms with E-state index in [0.717, 1.165) is 18.7 Å². The largest absolute Gasteiger partial charge is 0.314 e. The monoisotopic (exact) mass is 212 g/mol. The van der Waals surface area contributed by atoms with E-state index in [2.05, 4.69) is 40.6 Å². The van der Waals surface area contributed by atoms with Crippen LogP contribution in [0.5, 0.6) is 0 Å². The molecule has 0 saturated heterocycles. The Morgan fingerprint density at radius 1 is 1.06 bits per heavy atom. The molecule has 1 heterocycles. The van der Waals surface area contributed by atoms with E-state index >= 15 is 0 Å². The van der Waals surface area contributed by atoms with Gasteiger partial charge in [0.05, 0.1) is 5.69 Å². The number of hydrogen-bond acceptors (Lipinski definition) is 2. The molecule has 1 aromatic carbocycles. The van der Waals surface area contributed by atoms with Gasteiger partial charge in [-0.3, -0.25) is 4.98 Å². The van der Waals surface area contributed by atoms with Crippen LogP contribution < -0.4 is 5.32 Å². The van der Waals surface area contributed by atoms with Crippen LogP contribution >= 0.6 is 0 Å². The highest BCUT2D eigenvalue weighted by Gasteiger charge is 2.02. The standard InChI is InChI=1S/C14H16N2/c1-15-11-14-13(8-5-9-16-14)10-12-6-3-2-4-7-12/h2-9,15H,10-11H2,1H3. The van der Waals surface area contributed by atoms with Crippen molar-refractivity contribution in [2.24, 2.45) is 0 Å². The Bertz CT molecular complexity index is 437. The van der Waals surface area contributed by atoms with Gasteiger partial charge < -0.3 is 5.32 Å². The minimum atomic E-state index is 0.822. The average molecular weight is 212 g/mol. The van der Waals surface area contributed by atoms with Crippen LogP contribution in [0.3, 0.4) is 0 Å². The Balaban J connectivity index is 2.21. The molecule has 0 radical (unpaired) electrons. The lowest BCUT2D eigenvalue weighted by Gasteiger charge is -2.07. The summed E-state index contributed by atoms with van der Waals surface area (Å²) in [7, 11) is 1.95. The van der Waals surface area contributed by atoms with Crippen molar-refractivity contribution in [3.63, 3.8) is 0 Å². The Labute approximate surface area is 96.4 Å². The molecule has 0 saturated carbocycles. The first-order valence-electron chi connectivity index (χ1n) is 5.51. The highest BCUT2D eigenvalue weighted by Crippen LogP contribution is 2.12. The van der Waals surface area contributed by atoms with Gasteiger partial charge in [0.15, 0.2) is 0 Å². The molecule has 82 valence electrons. The zero-order chi connectivity index (χ0) is 11.2. The Morgan fingerprint density at radius 3 is 2.62 bits per heavy atom. The Hall–Kier alpha value is -1.67. The molecule has 2 rings (SSSR count). The molecule has 0 aliphatic rings. The highest BCUT2D eigenvalue weighted by atomic mass is 14.8. The number of hydrogen-bond donors (Lipinski definition) is 1. The summed E-state index contributed by atoms with van der Waals surface area (Å²) in [5.41, 5.74) is 3.75. The molecule has 0 unspecified atom stereocenters. The van der Waals surface area contributed by atoms with Crippen LogP contribution in [0.1, 0.15) is 16.8 Å². The lowest BCUT2D eigenvalue weighted by molar-refractivity contribution is 0.779. The summed E-state index contributed by atoms with van der Waals surface area (Å²) in [5.74, 6) is 0. The third-order valence-electron chi connectivity index (χ3n) is 2.57. The van der Waals surface area contributed by atoms with Crippen molar-refractivity contribution in [1.82, 2.24) is 10.3 Å². The quantitative estimate of drug-likeness (QED) is 0.841. The van der Waals surface area contributed by atoms with E-state index < -0.39 is 0 Å². The van der Waals surface area contributed by atoms with Crippen molar-refractivity contribution in [3.8, 4) is 0 Å². The van der Waals surface area contributed by atoms with Crippen LogP contribution in [-0.4, -0.2) is 12.0 Å². The molecule has 0 atom stereocenters. The van der Waals surface area contributed by atoms with Crippen molar-refractivity contribution in [1.29, 1.82) is 0 Å². The summed E-state index contributed by atoms with van der Waals surface area (Å²) < 4.78 is 0. The number of rotatable bonds is 4. The van der Waals surface area contributed by atoms with E-state index in [4.69, 9.17) is 0 Å². The smallest absolute Gasteiger partial charge is 0.0576 e. The number of aromatic nitrogens is 1. The summed E-state index contributed by atoms with van der Waals surface area (Å²) in [6, 6.07) is 14.6. The van der Waals surface area contributed by atoms with E-state index in [1.54, 1.807) is 0 Å². The Kier molecular flexibility index (Phi) is 3.67. The third kappa shape index (κ3) is 2.67. The maximum absolute atomic E-state index is 4.40. The molecule has 1 aromatic heterocycles. The first-order chi connectivity index (χ1) is 7.90. The van der Waals surface area contributed by atoms with Crippen molar-refractivity contribution in [3.05, 3.63) is 65.5 Å². The molecular weight excluding hydrogens is 196 g/mol. The van der Waals surface area contributed by atoms with E-state index in [1.165, 1.54) is 11.1 Å². The van der Waals surface area contributed by atoms with Crippen LogP contribution in [0, 0.1) is 0 Å². The predicted octanol–water partition coefficient (Wildman–Crippen LogP) is 2.39. The zero-order valence-corrected chi connectivity index (χ0v) is 9.48. The molecule has 0 aliphatic heterocycles. The van der Waals surface area contributed by atoms with Crippen LogP contribution in [0.25, 0.3) is 0 Å². The lowest BCUT2D eigenvalue weighted by Crippen LogP contribution is -2.09. The molecule has 2 aromatic rings. The topological polar surface area (TPSA) is 24.9 Å². The van der Waals surface area contributed by atoms with Gasteiger partial charge in [0.2, 0.25) is 0 Å². The molecular formula is C14H16N2. The van der Waals surface area contributed by atoms with Gasteiger partial charge in [-0.1, -0.05) is 36.4 Å². The van der Waals surface area contributed by atoms with E-state index in [-0.39, 0.29) is 0 Å². The molecule has 0 bridgehead atoms. The summed E-state index contributed by atoms with van der Waals surface area (Å²) in [5, 5.41) is 3.15. The molecule has 2 heteroatoms. The second-order valence-electron chi connectivity index (χ2n) is 3.80. The fraction of sp³-hybridized carbons (Fsp3) is 0.214. The van der Waals surface area contributed by atoms with Crippen LogP contribution in [-0.2, 0) is 13.0 Å². The zero-order valence-electron chi connectivity index (χ0n) is 9.48. The van der Waals surface area contributed by atoms with E-state index in [0.29, 0.717) is 0 Å². The van der Waals surface area contributed by atoms with E-state index in [1.807, 2.05) is 25.4 Å². The van der Waals surface area contributed by atoms with Gasteiger partial charge in [0.25, 0.3) is 0 Å². The van der Waals surface area contributed by atoms with Crippen LogP contribution in [0.2, 0.25) is 0 Å². The van der Waals surface area contributed by atoms with E-state index in [9.17, 15) is 0 Å². The van der Waals surface area contributed by atoms with Crippen molar-refractivity contribution >= 4 is 0 Å². The van der Waals surface area contributed by atoms with Gasteiger partial charge >= 0.3 is 0 Å². The second-order valence-corrected chi connectivity index (χ2v) is 3.80. The third-order valence-corrected chi connectivity index (χ3v) is 2.57. The van der Waals surface area contributed by atoms with Crippen molar-refractivity contribution in [2.75, 3.05) is 7.05 Å². The maximum Gasteiger partial charge on any atom is 0.0576 e. The van der Waals surface area contributed by atoms with Gasteiger partial charge in [-0.05, 0) is 30.7 Å². The highest BCUT2D eigenvalue weighted by molar-refractivity contribution is 5.28. The molecule has 0 spiro atoms. The van der Waals surface area contributed by atoms with Gasteiger partial charge in [0, 0.05) is 12.7 Å². The van der Waals surface area contributed by atoms with Gasteiger partial charge in [-0.15, -0.1) is 0 Å². The minimum absolute atomic E-state index is 0.822. The summed E-state index contributed by atoms with van der Waals surface area (Å²) >= 11 is 0. The second kappa shape index (κ2) is 5.42. The minimum Gasteiger partial charge on any atom is -0.314 e. The van der Waals surface area contributed by atoms with Crippen LogP contribution in [0.4, 0.5) is 0 Å². The fourth-order valence-corrected chi connectivity index (χ4v) is 1.77. The number of benzene rings is 1. The first kappa shape index (κ1) is 10.8. The predicted molar refractivity (Wildman–Crippen MR) is 66.2 cm³/mol. The summed E-state index contributed by atoms with van der Waals surface area (Å²) in [6.07, 6.45) is 2.80. The van der Waals surface area contributed by atoms with Gasteiger partial charge in [0.1, 0.15) is 0 Å². The molecule has 1 N–H and O–H groups in total. The number of nitrogens with one attached hydrogen (secondary N) is 1. The number of nitrogens with zero attached hydrogens (tertiary/aromatic N) is 1. The average Bonchev–Trinajstić information content (AvgIpc) is 2.33. The van der Waals surface area contributed by atoms with Crippen LogP contribution in [0.15, 0.2) is 48.7 Å². The van der Waals surface area contributed by atoms with Crippen molar-refractivity contribution in [2.45, 2.75) is 13.0 Å². The SMILES string of the molecule is CNCc1ncccc1Cc1ccccc1. The summed E-state index contributed by atoms with van der Waals surface area (Å²) in [4.78, 5) is 4.40. The lowest BCUT2D eigenvalue weighted by atomic mass is 10.0. The molecule has 0 aliphatic carbocycles. The maximum atomic E-state index is 4.40. The number of pyridine rings is 1. The van der Waals surface area contributed by atoms with Gasteiger partial charge in [-0.2, -0.15) is 0 Å². The van der Waals surface area contributed by atoms with Crippen molar-refractivity contribution < 1.29 is 0 Å². The normalized spacial score (nSPS) is 10.3. The molecule has 0 fully saturated rings. The van der Waals surface area contributed by atoms with Gasteiger partial charge in [-0.25, -0.2) is 0 Å². The fourth-order valence-electron chi connectivity index (χ4n) is 1.77.